The Morgan fingerprint density at radius 3 is 3.00 bits per heavy atom. The van der Waals surface area contributed by atoms with Gasteiger partial charge in [-0.15, -0.1) is 11.3 Å². The van der Waals surface area contributed by atoms with Crippen LogP contribution in [0.15, 0.2) is 40.9 Å². The maximum Gasteiger partial charge on any atom is 0.255 e. The molecule has 0 aliphatic carbocycles. The van der Waals surface area contributed by atoms with Crippen molar-refractivity contribution in [1.82, 2.24) is 4.90 Å². The van der Waals surface area contributed by atoms with Gasteiger partial charge >= 0.3 is 0 Å². The molecule has 3 heterocycles. The van der Waals surface area contributed by atoms with Crippen LogP contribution in [0.25, 0.3) is 0 Å². The molecule has 1 aromatic heterocycles. The molecule has 1 amide bonds. The number of fused-ring (bicyclic) bond motifs is 4. The fourth-order valence-corrected chi connectivity index (χ4v) is 4.02. The predicted octanol–water partition coefficient (Wildman–Crippen LogP) is 3.03. The summed E-state index contributed by atoms with van der Waals surface area (Å²) >= 11 is 1.56. The fourth-order valence-electron chi connectivity index (χ4n) is 3.11. The molecule has 0 fully saturated rings. The van der Waals surface area contributed by atoms with Gasteiger partial charge < -0.3 is 10.1 Å². The maximum atomic E-state index is 12.5. The van der Waals surface area contributed by atoms with Gasteiger partial charge in [0.05, 0.1) is 16.6 Å². The van der Waals surface area contributed by atoms with Crippen LogP contribution in [0.2, 0.25) is 0 Å². The second-order valence-corrected chi connectivity index (χ2v) is 5.98. The summed E-state index contributed by atoms with van der Waals surface area (Å²) in [6.07, 6.45) is 0.562. The van der Waals surface area contributed by atoms with E-state index in [0.717, 1.165) is 21.6 Å². The summed E-state index contributed by atoms with van der Waals surface area (Å²) in [5, 5.41) is 14.8. The molecule has 0 bridgehead atoms. The molecular formula is C15H12N2O2S. The van der Waals surface area contributed by atoms with Crippen LogP contribution >= 0.6 is 11.3 Å². The average Bonchev–Trinajstić information content (AvgIpc) is 2.99. The Morgan fingerprint density at radius 1 is 1.30 bits per heavy atom. The third kappa shape index (κ3) is 1.47. The number of hydrogen-bond donors (Lipinski definition) is 1. The van der Waals surface area contributed by atoms with Crippen LogP contribution in [0.3, 0.4) is 0 Å². The van der Waals surface area contributed by atoms with Gasteiger partial charge in [0.2, 0.25) is 0 Å². The Morgan fingerprint density at radius 2 is 2.15 bits per heavy atom. The van der Waals surface area contributed by atoms with Gasteiger partial charge in [0.25, 0.3) is 5.91 Å². The molecule has 2 aliphatic rings. The summed E-state index contributed by atoms with van der Waals surface area (Å²) in [4.78, 5) is 15.4. The molecule has 20 heavy (non-hydrogen) atoms. The quantitative estimate of drug-likeness (QED) is 0.597. The summed E-state index contributed by atoms with van der Waals surface area (Å²) in [5.74, 6) is 0.0712. The molecule has 4 nitrogen and oxygen atoms in total. The number of carbonyl (C=O) groups is 1. The molecule has 1 atom stereocenters. The zero-order chi connectivity index (χ0) is 13.7. The first-order valence-electron chi connectivity index (χ1n) is 6.47. The second kappa shape index (κ2) is 4.18. The molecule has 5 heteroatoms. The Bertz CT molecular complexity index is 735. The van der Waals surface area contributed by atoms with Crippen molar-refractivity contribution in [2.24, 2.45) is 5.16 Å². The van der Waals surface area contributed by atoms with Crippen molar-refractivity contribution in [3.05, 3.63) is 57.3 Å². The summed E-state index contributed by atoms with van der Waals surface area (Å²) in [6.45, 7) is 0.579. The summed E-state index contributed by atoms with van der Waals surface area (Å²) in [7, 11) is 0. The van der Waals surface area contributed by atoms with Crippen LogP contribution in [-0.2, 0) is 6.54 Å². The minimum atomic E-state index is -0.0239. The first kappa shape index (κ1) is 11.7. The largest absolute Gasteiger partial charge is 0.411 e. The normalized spacial score (nSPS) is 22.4. The third-order valence-corrected chi connectivity index (χ3v) is 5.05. The van der Waals surface area contributed by atoms with Gasteiger partial charge in [-0.05, 0) is 28.6 Å². The summed E-state index contributed by atoms with van der Waals surface area (Å²) in [5.41, 5.74) is 3.54. The number of carbonyl (C=O) groups excluding carboxylic acids is 1. The third-order valence-electron chi connectivity index (χ3n) is 4.04. The van der Waals surface area contributed by atoms with Gasteiger partial charge in [-0.1, -0.05) is 23.4 Å². The lowest BCUT2D eigenvalue weighted by Gasteiger charge is -2.22. The van der Waals surface area contributed by atoms with Gasteiger partial charge in [0.15, 0.2) is 0 Å². The number of rotatable bonds is 0. The lowest BCUT2D eigenvalue weighted by Crippen LogP contribution is -2.26. The molecule has 2 aromatic rings. The van der Waals surface area contributed by atoms with E-state index in [1.807, 2.05) is 40.6 Å². The molecule has 4 rings (SSSR count). The van der Waals surface area contributed by atoms with Crippen LogP contribution < -0.4 is 0 Å². The van der Waals surface area contributed by atoms with E-state index in [0.29, 0.717) is 18.7 Å². The standard InChI is InChI=1S/C15H12N2O2S/c18-15-11-4-2-1-3-10(11)13-7-12(16-19)14-9(5-6-20-14)8-17(13)15/h1-6,13,19H,7-8H2/b16-12+. The van der Waals surface area contributed by atoms with Crippen molar-refractivity contribution < 1.29 is 10.0 Å². The van der Waals surface area contributed by atoms with Crippen molar-refractivity contribution >= 4 is 23.0 Å². The van der Waals surface area contributed by atoms with E-state index in [4.69, 9.17) is 0 Å². The topological polar surface area (TPSA) is 52.9 Å². The van der Waals surface area contributed by atoms with Gasteiger partial charge in [-0.25, -0.2) is 0 Å². The number of benzene rings is 1. The first-order valence-corrected chi connectivity index (χ1v) is 7.35. The van der Waals surface area contributed by atoms with E-state index in [9.17, 15) is 10.0 Å². The molecule has 0 saturated carbocycles. The highest BCUT2D eigenvalue weighted by molar-refractivity contribution is 7.12. The van der Waals surface area contributed by atoms with Crippen molar-refractivity contribution in [3.63, 3.8) is 0 Å². The van der Waals surface area contributed by atoms with Crippen molar-refractivity contribution in [2.75, 3.05) is 0 Å². The highest BCUT2D eigenvalue weighted by atomic mass is 32.1. The molecule has 0 saturated heterocycles. The Hall–Kier alpha value is -2.14. The summed E-state index contributed by atoms with van der Waals surface area (Å²) in [6, 6.07) is 9.68. The van der Waals surface area contributed by atoms with E-state index >= 15 is 0 Å². The van der Waals surface area contributed by atoms with E-state index in [1.165, 1.54) is 0 Å². The molecular weight excluding hydrogens is 272 g/mol. The lowest BCUT2D eigenvalue weighted by atomic mass is 10.00. The van der Waals surface area contributed by atoms with E-state index in [1.54, 1.807) is 11.3 Å². The van der Waals surface area contributed by atoms with Crippen LogP contribution in [0.4, 0.5) is 0 Å². The maximum absolute atomic E-state index is 12.5. The number of oxime groups is 1. The molecule has 1 N–H and O–H groups in total. The highest BCUT2D eigenvalue weighted by Crippen LogP contribution is 2.41. The first-order chi connectivity index (χ1) is 9.79. The molecule has 1 unspecified atom stereocenters. The monoisotopic (exact) mass is 284 g/mol. The highest BCUT2D eigenvalue weighted by Gasteiger charge is 2.40. The minimum Gasteiger partial charge on any atom is -0.411 e. The molecule has 0 radical (unpaired) electrons. The Balaban J connectivity index is 1.87. The van der Waals surface area contributed by atoms with Gasteiger partial charge in [-0.2, -0.15) is 0 Å². The van der Waals surface area contributed by atoms with Crippen molar-refractivity contribution in [3.8, 4) is 0 Å². The summed E-state index contributed by atoms with van der Waals surface area (Å²) < 4.78 is 0. The Labute approximate surface area is 120 Å². The number of thiophene rings is 1. The Kier molecular flexibility index (Phi) is 2.44. The van der Waals surface area contributed by atoms with Gasteiger partial charge in [-0.3, -0.25) is 4.79 Å². The predicted molar refractivity (Wildman–Crippen MR) is 76.3 cm³/mol. The molecule has 100 valence electrons. The average molecular weight is 284 g/mol. The van der Waals surface area contributed by atoms with Crippen molar-refractivity contribution in [2.45, 2.75) is 19.0 Å². The van der Waals surface area contributed by atoms with Crippen LogP contribution in [0, 0.1) is 0 Å². The van der Waals surface area contributed by atoms with Crippen LogP contribution in [0.1, 0.15) is 38.8 Å². The van der Waals surface area contributed by atoms with Crippen molar-refractivity contribution in [1.29, 1.82) is 0 Å². The van der Waals surface area contributed by atoms with Crippen LogP contribution in [0.5, 0.6) is 0 Å². The minimum absolute atomic E-state index is 0.0239. The van der Waals surface area contributed by atoms with E-state index in [2.05, 4.69) is 5.16 Å². The molecule has 2 aliphatic heterocycles. The van der Waals surface area contributed by atoms with E-state index in [-0.39, 0.29) is 11.9 Å². The smallest absolute Gasteiger partial charge is 0.255 e. The van der Waals surface area contributed by atoms with Gasteiger partial charge in [0, 0.05) is 18.5 Å². The van der Waals surface area contributed by atoms with E-state index < -0.39 is 0 Å². The zero-order valence-corrected chi connectivity index (χ0v) is 11.4. The number of nitrogens with zero attached hydrogens (tertiary/aromatic N) is 2. The number of hydrogen-bond acceptors (Lipinski definition) is 4. The zero-order valence-electron chi connectivity index (χ0n) is 10.6. The molecule has 0 spiro atoms. The van der Waals surface area contributed by atoms with Gasteiger partial charge in [0.1, 0.15) is 0 Å². The number of amides is 1. The fraction of sp³-hybridized carbons (Fsp3) is 0.200. The SMILES string of the molecule is O=C1c2ccccc2C2C/C(=N\O)c3sccc3CN12. The van der Waals surface area contributed by atoms with Crippen LogP contribution in [-0.4, -0.2) is 21.7 Å². The molecule has 1 aromatic carbocycles. The second-order valence-electron chi connectivity index (χ2n) is 5.06. The lowest BCUT2D eigenvalue weighted by molar-refractivity contribution is 0.0717.